The molecule has 6 heteroatoms. The summed E-state index contributed by atoms with van der Waals surface area (Å²) in [4.78, 5) is 19.7. The van der Waals surface area contributed by atoms with Gasteiger partial charge < -0.3 is 5.11 Å². The van der Waals surface area contributed by atoms with Crippen molar-refractivity contribution >= 4 is 49.2 Å². The van der Waals surface area contributed by atoms with Crippen molar-refractivity contribution in [1.29, 1.82) is 0 Å². The van der Waals surface area contributed by atoms with Gasteiger partial charge in [-0.25, -0.2) is 9.97 Å². The number of hydrogen-bond donors (Lipinski definition) is 1. The lowest BCUT2D eigenvalue weighted by Gasteiger charge is -1.98. The Bertz CT molecular complexity index is 769. The number of carboxylic acid groups (broad SMARTS) is 1. The molecule has 0 bridgehead atoms. The molecule has 0 spiro atoms. The minimum atomic E-state index is -0.966. The zero-order chi connectivity index (χ0) is 12.7. The number of fused-ring (bicyclic) bond motifs is 3. The number of halogens is 1. The van der Waals surface area contributed by atoms with Gasteiger partial charge in [-0.15, -0.1) is 11.3 Å². The number of aliphatic carboxylic acids is 1. The van der Waals surface area contributed by atoms with E-state index in [4.69, 9.17) is 16.7 Å². The monoisotopic (exact) mass is 278 g/mol. The minimum Gasteiger partial charge on any atom is -0.481 e. The second-order valence-corrected chi connectivity index (χ2v) is 5.17. The molecule has 0 aliphatic rings. The maximum absolute atomic E-state index is 10.7. The molecule has 1 N–H and O–H groups in total. The fraction of sp³-hybridized carbons (Fsp3) is 0.0833. The summed E-state index contributed by atoms with van der Waals surface area (Å²) in [5, 5.41) is 10.9. The number of aromatic nitrogens is 2. The van der Waals surface area contributed by atoms with Crippen LogP contribution in [0.25, 0.3) is 20.3 Å². The molecule has 0 radical (unpaired) electrons. The van der Waals surface area contributed by atoms with E-state index in [2.05, 4.69) is 9.97 Å². The van der Waals surface area contributed by atoms with Crippen molar-refractivity contribution in [3.05, 3.63) is 35.2 Å². The lowest BCUT2D eigenvalue weighted by molar-refractivity contribution is -0.136. The van der Waals surface area contributed by atoms with E-state index in [9.17, 15) is 4.79 Å². The van der Waals surface area contributed by atoms with Crippen molar-refractivity contribution < 1.29 is 9.90 Å². The Balaban J connectivity index is 2.31. The van der Waals surface area contributed by atoms with Gasteiger partial charge in [0.05, 0.1) is 5.39 Å². The van der Waals surface area contributed by atoms with Crippen LogP contribution in [0.2, 0.25) is 5.15 Å². The van der Waals surface area contributed by atoms with E-state index in [1.54, 1.807) is 0 Å². The summed E-state index contributed by atoms with van der Waals surface area (Å²) < 4.78 is 1.07. The van der Waals surface area contributed by atoms with E-state index in [1.165, 1.54) is 11.3 Å². The highest BCUT2D eigenvalue weighted by molar-refractivity contribution is 7.25. The van der Waals surface area contributed by atoms with Crippen LogP contribution in [-0.2, 0) is 11.2 Å². The highest BCUT2D eigenvalue weighted by atomic mass is 35.5. The standard InChI is InChI=1S/C12H7ClN2O2S/c13-11-10-6-3-1-2-4-7(6)18-12(10)15-8(14-11)5-9(16)17/h1-4H,5H2,(H,16,17). The Kier molecular flexibility index (Phi) is 2.65. The van der Waals surface area contributed by atoms with E-state index in [-0.39, 0.29) is 12.2 Å². The van der Waals surface area contributed by atoms with Gasteiger partial charge in [0.25, 0.3) is 0 Å². The van der Waals surface area contributed by atoms with Crippen molar-refractivity contribution in [3.8, 4) is 0 Å². The third-order valence-corrected chi connectivity index (χ3v) is 3.89. The van der Waals surface area contributed by atoms with Crippen molar-refractivity contribution in [2.24, 2.45) is 0 Å². The second-order valence-electron chi connectivity index (χ2n) is 3.78. The van der Waals surface area contributed by atoms with Crippen molar-refractivity contribution in [2.75, 3.05) is 0 Å². The van der Waals surface area contributed by atoms with Crippen molar-refractivity contribution in [2.45, 2.75) is 6.42 Å². The first kappa shape index (κ1) is 11.4. The number of thiophene rings is 1. The molecule has 4 nitrogen and oxygen atoms in total. The molecule has 0 saturated heterocycles. The van der Waals surface area contributed by atoms with Gasteiger partial charge in [0, 0.05) is 10.1 Å². The van der Waals surface area contributed by atoms with Crippen LogP contribution in [0.15, 0.2) is 24.3 Å². The molecule has 3 rings (SSSR count). The van der Waals surface area contributed by atoms with Crippen molar-refractivity contribution in [1.82, 2.24) is 9.97 Å². The summed E-state index contributed by atoms with van der Waals surface area (Å²) in [6.45, 7) is 0. The Morgan fingerprint density at radius 2 is 2.11 bits per heavy atom. The fourth-order valence-electron chi connectivity index (χ4n) is 1.84. The Morgan fingerprint density at radius 1 is 1.33 bits per heavy atom. The molecule has 90 valence electrons. The SMILES string of the molecule is O=C(O)Cc1nc(Cl)c2c(n1)sc1ccccc12. The number of nitrogens with zero attached hydrogens (tertiary/aromatic N) is 2. The number of carbonyl (C=O) groups is 1. The van der Waals surface area contributed by atoms with Crippen LogP contribution in [0.5, 0.6) is 0 Å². The lowest BCUT2D eigenvalue weighted by Crippen LogP contribution is -2.04. The van der Waals surface area contributed by atoms with Gasteiger partial charge in [0.2, 0.25) is 0 Å². The summed E-state index contributed by atoms with van der Waals surface area (Å²) in [5.41, 5.74) is 0. The minimum absolute atomic E-state index is 0.218. The highest BCUT2D eigenvalue weighted by Crippen LogP contribution is 2.35. The van der Waals surface area contributed by atoms with Crippen LogP contribution in [0.3, 0.4) is 0 Å². The molecular formula is C12H7ClN2O2S. The predicted molar refractivity (Wildman–Crippen MR) is 71.3 cm³/mol. The van der Waals surface area contributed by atoms with E-state index in [0.717, 1.165) is 20.3 Å². The summed E-state index contributed by atoms with van der Waals surface area (Å²) >= 11 is 7.62. The van der Waals surface area contributed by atoms with Gasteiger partial charge in [-0.2, -0.15) is 0 Å². The third-order valence-electron chi connectivity index (χ3n) is 2.55. The predicted octanol–water partition coefficient (Wildman–Crippen LogP) is 3.13. The number of rotatable bonds is 2. The van der Waals surface area contributed by atoms with Crippen molar-refractivity contribution in [3.63, 3.8) is 0 Å². The van der Waals surface area contributed by atoms with Crippen LogP contribution in [-0.4, -0.2) is 21.0 Å². The Morgan fingerprint density at radius 3 is 2.89 bits per heavy atom. The topological polar surface area (TPSA) is 63.1 Å². The van der Waals surface area contributed by atoms with Gasteiger partial charge >= 0.3 is 5.97 Å². The molecule has 18 heavy (non-hydrogen) atoms. The molecule has 0 aliphatic heterocycles. The van der Waals surface area contributed by atoms with Crippen LogP contribution >= 0.6 is 22.9 Å². The van der Waals surface area contributed by atoms with Gasteiger partial charge in [-0.05, 0) is 6.07 Å². The number of carboxylic acids is 1. The van der Waals surface area contributed by atoms with E-state index < -0.39 is 5.97 Å². The summed E-state index contributed by atoms with van der Waals surface area (Å²) in [6.07, 6.45) is -0.218. The quantitative estimate of drug-likeness (QED) is 0.732. The normalized spacial score (nSPS) is 11.2. The van der Waals surface area contributed by atoms with Gasteiger partial charge in [0.15, 0.2) is 0 Å². The smallest absolute Gasteiger partial charge is 0.311 e. The first-order chi connectivity index (χ1) is 8.65. The van der Waals surface area contributed by atoms with E-state index in [0.29, 0.717) is 5.15 Å². The summed E-state index contributed by atoms with van der Waals surface area (Å²) in [5.74, 6) is -0.724. The van der Waals surface area contributed by atoms with Crippen LogP contribution < -0.4 is 0 Å². The molecule has 0 aliphatic carbocycles. The van der Waals surface area contributed by atoms with Crippen LogP contribution in [0.1, 0.15) is 5.82 Å². The molecule has 0 unspecified atom stereocenters. The molecular weight excluding hydrogens is 272 g/mol. The fourth-order valence-corrected chi connectivity index (χ4v) is 3.28. The molecule has 0 atom stereocenters. The Labute approximate surface area is 111 Å². The van der Waals surface area contributed by atoms with E-state index in [1.807, 2.05) is 24.3 Å². The van der Waals surface area contributed by atoms with Crippen LogP contribution in [0.4, 0.5) is 0 Å². The maximum atomic E-state index is 10.7. The summed E-state index contributed by atoms with van der Waals surface area (Å²) in [7, 11) is 0. The average Bonchev–Trinajstić information content (AvgIpc) is 2.66. The van der Waals surface area contributed by atoms with Gasteiger partial charge in [0.1, 0.15) is 22.2 Å². The number of hydrogen-bond acceptors (Lipinski definition) is 4. The molecule has 0 amide bonds. The molecule has 3 aromatic rings. The zero-order valence-corrected chi connectivity index (χ0v) is 10.6. The van der Waals surface area contributed by atoms with Gasteiger partial charge in [-0.3, -0.25) is 4.79 Å². The molecule has 0 saturated carbocycles. The lowest BCUT2D eigenvalue weighted by atomic mass is 10.2. The third kappa shape index (κ3) is 1.81. The zero-order valence-electron chi connectivity index (χ0n) is 9.05. The Hall–Kier alpha value is -1.72. The first-order valence-electron chi connectivity index (χ1n) is 5.20. The van der Waals surface area contributed by atoms with E-state index >= 15 is 0 Å². The molecule has 2 aromatic heterocycles. The maximum Gasteiger partial charge on any atom is 0.311 e. The van der Waals surface area contributed by atoms with Crippen LogP contribution in [0, 0.1) is 0 Å². The number of benzene rings is 1. The average molecular weight is 279 g/mol. The summed E-state index contributed by atoms with van der Waals surface area (Å²) in [6, 6.07) is 7.81. The molecule has 1 aromatic carbocycles. The highest BCUT2D eigenvalue weighted by Gasteiger charge is 2.13. The first-order valence-corrected chi connectivity index (χ1v) is 6.40. The largest absolute Gasteiger partial charge is 0.481 e. The molecule has 0 fully saturated rings. The molecule has 2 heterocycles. The van der Waals surface area contributed by atoms with Gasteiger partial charge in [-0.1, -0.05) is 29.8 Å². The second kappa shape index (κ2) is 4.19.